The molecular weight excluding hydrogens is 614 g/mol. The maximum Gasteiger partial charge on any atom is 0.326 e. The van der Waals surface area contributed by atoms with E-state index >= 15 is 0 Å². The molecule has 0 aliphatic heterocycles. The second-order valence-corrected chi connectivity index (χ2v) is 11.6. The van der Waals surface area contributed by atoms with Crippen LogP contribution in [0.25, 0.3) is 10.9 Å². The first-order valence-corrected chi connectivity index (χ1v) is 15.1. The molecule has 2 amide bonds. The van der Waals surface area contributed by atoms with Crippen molar-refractivity contribution in [2.75, 3.05) is 4.90 Å². The van der Waals surface area contributed by atoms with E-state index in [0.717, 1.165) is 29.7 Å². The van der Waals surface area contributed by atoms with Gasteiger partial charge in [-0.3, -0.25) is 19.2 Å². The van der Waals surface area contributed by atoms with Gasteiger partial charge in [-0.25, -0.2) is 14.6 Å². The number of carboxylic acids is 3. The molecule has 250 valence electrons. The normalized spacial score (nSPS) is 15.1. The van der Waals surface area contributed by atoms with E-state index in [0.29, 0.717) is 10.9 Å². The van der Waals surface area contributed by atoms with Gasteiger partial charge in [0, 0.05) is 30.1 Å². The molecule has 15 heteroatoms. The predicted molar refractivity (Wildman–Crippen MR) is 168 cm³/mol. The van der Waals surface area contributed by atoms with Crippen LogP contribution in [0.5, 0.6) is 0 Å². The molecule has 1 aromatic heterocycles. The number of carbonyl (C=O) groups excluding carboxylic acids is 2. The van der Waals surface area contributed by atoms with Crippen molar-refractivity contribution < 1.29 is 44.4 Å². The van der Waals surface area contributed by atoms with Gasteiger partial charge in [0.05, 0.1) is 16.9 Å². The van der Waals surface area contributed by atoms with E-state index in [1.54, 1.807) is 24.3 Å². The number of fused-ring (bicyclic) bond motifs is 2. The molecule has 1 unspecified atom stereocenters. The van der Waals surface area contributed by atoms with Crippen molar-refractivity contribution in [1.29, 1.82) is 0 Å². The number of aryl methyl sites for hydroxylation is 1. The average molecular weight is 652 g/mol. The minimum atomic E-state index is -1.45. The van der Waals surface area contributed by atoms with Crippen LogP contribution in [0.15, 0.2) is 41.2 Å². The van der Waals surface area contributed by atoms with Crippen LogP contribution >= 0.6 is 0 Å². The van der Waals surface area contributed by atoms with Gasteiger partial charge < -0.3 is 40.9 Å². The zero-order chi connectivity index (χ0) is 34.4. The lowest BCUT2D eigenvalue weighted by Crippen LogP contribution is -2.44. The summed E-state index contributed by atoms with van der Waals surface area (Å²) in [7, 11) is 0. The van der Waals surface area contributed by atoms with E-state index in [-0.39, 0.29) is 48.5 Å². The number of benzene rings is 2. The number of H-pyrrole nitrogens is 1. The highest BCUT2D eigenvalue weighted by Gasteiger charge is 2.31. The summed E-state index contributed by atoms with van der Waals surface area (Å²) in [4.78, 5) is 81.0. The highest BCUT2D eigenvalue weighted by molar-refractivity contribution is 5.97. The number of carbonyl (C=O) groups is 5. The third kappa shape index (κ3) is 8.30. The largest absolute Gasteiger partial charge is 0.481 e. The van der Waals surface area contributed by atoms with Gasteiger partial charge in [0.15, 0.2) is 0 Å². The molecular formula is C32H37N5O10. The summed E-state index contributed by atoms with van der Waals surface area (Å²) >= 11 is 0. The molecule has 1 aliphatic rings. The number of anilines is 1. The maximum atomic E-state index is 13.0. The number of aromatic amines is 1. The molecule has 15 nitrogen and oxygen atoms in total. The van der Waals surface area contributed by atoms with Crippen LogP contribution in [-0.4, -0.2) is 78.2 Å². The van der Waals surface area contributed by atoms with Crippen molar-refractivity contribution in [3.8, 4) is 0 Å². The Hall–Kier alpha value is -5.31. The highest BCUT2D eigenvalue weighted by Crippen LogP contribution is 2.40. The number of aliphatic carboxylic acids is 3. The number of aliphatic hydroxyl groups is 1. The van der Waals surface area contributed by atoms with Gasteiger partial charge in [-0.2, -0.15) is 0 Å². The van der Waals surface area contributed by atoms with E-state index in [1.165, 1.54) is 0 Å². The molecule has 0 saturated carbocycles. The summed E-state index contributed by atoms with van der Waals surface area (Å²) in [5.41, 5.74) is 3.21. The number of hydrogen-bond donors (Lipinski definition) is 7. The van der Waals surface area contributed by atoms with Crippen molar-refractivity contribution in [2.45, 2.75) is 83.1 Å². The zero-order valence-electron chi connectivity index (χ0n) is 25.9. The van der Waals surface area contributed by atoms with E-state index in [9.17, 15) is 44.1 Å². The van der Waals surface area contributed by atoms with Crippen LogP contribution < -0.4 is 21.1 Å². The fourth-order valence-electron chi connectivity index (χ4n) is 5.82. The summed E-state index contributed by atoms with van der Waals surface area (Å²) in [5, 5.41) is 42.0. The van der Waals surface area contributed by atoms with Crippen molar-refractivity contribution in [3.63, 3.8) is 0 Å². The first-order valence-electron chi connectivity index (χ1n) is 15.1. The SMILES string of the molecule is CC(C)N(c1ccc(C(=O)N[C@@H](CCC(=O)N[C@H](CCC(=O)O)C(=O)O)C(=O)O)cc1)C1CCc2cc3nc(CO)[nH]c(=O)c3cc21. The van der Waals surface area contributed by atoms with E-state index < -0.39 is 54.6 Å². The molecule has 1 heterocycles. The van der Waals surface area contributed by atoms with Gasteiger partial charge in [-0.1, -0.05) is 0 Å². The summed E-state index contributed by atoms with van der Waals surface area (Å²) in [5.74, 6) is -5.31. The number of amides is 2. The van der Waals surface area contributed by atoms with Gasteiger partial charge in [0.1, 0.15) is 24.5 Å². The minimum absolute atomic E-state index is 0.0295. The number of rotatable bonds is 15. The smallest absolute Gasteiger partial charge is 0.326 e. The number of carboxylic acid groups (broad SMARTS) is 3. The Kier molecular flexibility index (Phi) is 10.9. The average Bonchev–Trinajstić information content (AvgIpc) is 3.42. The number of aromatic nitrogens is 2. The Bertz CT molecular complexity index is 1740. The van der Waals surface area contributed by atoms with E-state index in [4.69, 9.17) is 5.11 Å². The second-order valence-electron chi connectivity index (χ2n) is 11.6. The van der Waals surface area contributed by atoms with Crippen LogP contribution in [0.4, 0.5) is 5.69 Å². The Morgan fingerprint density at radius 2 is 1.60 bits per heavy atom. The molecule has 0 spiro atoms. The maximum absolute atomic E-state index is 13.0. The van der Waals surface area contributed by atoms with E-state index in [1.807, 2.05) is 26.0 Å². The van der Waals surface area contributed by atoms with Crippen molar-refractivity contribution in [3.05, 3.63) is 69.3 Å². The van der Waals surface area contributed by atoms with Crippen molar-refractivity contribution in [2.24, 2.45) is 0 Å². The fraction of sp³-hybridized carbons (Fsp3) is 0.406. The van der Waals surface area contributed by atoms with Gasteiger partial charge in [0.25, 0.3) is 11.5 Å². The number of hydrogen-bond acceptors (Lipinski definition) is 9. The Morgan fingerprint density at radius 3 is 2.19 bits per heavy atom. The summed E-state index contributed by atoms with van der Waals surface area (Å²) in [6.07, 6.45) is -0.0250. The van der Waals surface area contributed by atoms with Crippen LogP contribution in [-0.2, 0) is 32.2 Å². The van der Waals surface area contributed by atoms with Crippen molar-refractivity contribution in [1.82, 2.24) is 20.6 Å². The summed E-state index contributed by atoms with van der Waals surface area (Å²) < 4.78 is 0. The molecule has 1 aliphatic carbocycles. The third-order valence-corrected chi connectivity index (χ3v) is 8.07. The summed E-state index contributed by atoms with van der Waals surface area (Å²) in [6, 6.07) is 7.43. The minimum Gasteiger partial charge on any atom is -0.481 e. The molecule has 3 aromatic rings. The Morgan fingerprint density at radius 1 is 0.957 bits per heavy atom. The molecule has 0 radical (unpaired) electrons. The van der Waals surface area contributed by atoms with Crippen LogP contribution in [0, 0.1) is 0 Å². The van der Waals surface area contributed by atoms with Crippen molar-refractivity contribution >= 4 is 46.3 Å². The molecule has 0 bridgehead atoms. The predicted octanol–water partition coefficient (Wildman–Crippen LogP) is 1.72. The lowest BCUT2D eigenvalue weighted by molar-refractivity contribution is -0.143. The summed E-state index contributed by atoms with van der Waals surface area (Å²) in [6.45, 7) is 3.68. The van der Waals surface area contributed by atoms with E-state index in [2.05, 4.69) is 25.5 Å². The molecule has 47 heavy (non-hydrogen) atoms. The topological polar surface area (TPSA) is 239 Å². The second kappa shape index (κ2) is 14.9. The van der Waals surface area contributed by atoms with Gasteiger partial charge >= 0.3 is 17.9 Å². The third-order valence-electron chi connectivity index (χ3n) is 8.07. The lowest BCUT2D eigenvalue weighted by atomic mass is 10.0. The number of nitrogens with zero attached hydrogens (tertiary/aromatic N) is 2. The van der Waals surface area contributed by atoms with Gasteiger partial charge in [-0.15, -0.1) is 0 Å². The molecule has 3 atom stereocenters. The first kappa shape index (κ1) is 34.6. The molecule has 7 N–H and O–H groups in total. The first-order chi connectivity index (χ1) is 22.3. The van der Waals surface area contributed by atoms with Crippen LogP contribution in [0.3, 0.4) is 0 Å². The Labute approximate surface area is 268 Å². The highest BCUT2D eigenvalue weighted by atomic mass is 16.4. The molecule has 0 fully saturated rings. The fourth-order valence-corrected chi connectivity index (χ4v) is 5.82. The molecule has 2 aromatic carbocycles. The van der Waals surface area contributed by atoms with Crippen LogP contribution in [0.2, 0.25) is 0 Å². The quantitative estimate of drug-likeness (QED) is 0.124. The van der Waals surface area contributed by atoms with Gasteiger partial charge in [-0.05, 0) is 87.1 Å². The Balaban J connectivity index is 1.44. The zero-order valence-corrected chi connectivity index (χ0v) is 25.9. The molecule has 0 saturated heterocycles. The van der Waals surface area contributed by atoms with Crippen LogP contribution in [0.1, 0.15) is 79.3 Å². The van der Waals surface area contributed by atoms with Gasteiger partial charge in [0.2, 0.25) is 5.91 Å². The molecule has 4 rings (SSSR count). The monoisotopic (exact) mass is 651 g/mol. The lowest BCUT2D eigenvalue weighted by Gasteiger charge is -2.36. The standard InChI is InChI=1S/C32H37N5O10/c1-16(2)37(25-10-5-18-13-24-21(14-20(18)25)30(43)36-26(15-38)33-24)19-6-3-17(4-7-19)29(42)35-23(32(46)47)8-11-27(39)34-22(31(44)45)9-12-28(40)41/h3-4,6-7,13-14,16,22-23,25,38H,5,8-12,15H2,1-2H3,(H,34,39)(H,35,42)(H,40,41)(H,44,45)(H,46,47)(H,33,36,43)/t22-,23+,25?/m1/s1. The number of nitrogens with one attached hydrogen (secondary N) is 3. The number of aliphatic hydroxyl groups excluding tert-OH is 1.